The Balaban J connectivity index is 2.32. The largest absolute Gasteiger partial charge is 0.493 e. The predicted molar refractivity (Wildman–Crippen MR) is 86.2 cm³/mol. The second kappa shape index (κ2) is 7.70. The lowest BCUT2D eigenvalue weighted by Crippen LogP contribution is -2.20. The quantitative estimate of drug-likeness (QED) is 0.809. The van der Waals surface area contributed by atoms with Crippen molar-refractivity contribution < 1.29 is 9.47 Å². The summed E-state index contributed by atoms with van der Waals surface area (Å²) >= 11 is 0. The Morgan fingerprint density at radius 2 is 1.52 bits per heavy atom. The van der Waals surface area contributed by atoms with E-state index in [4.69, 9.17) is 9.47 Å². The minimum absolute atomic E-state index is 0.293. The van der Waals surface area contributed by atoms with Crippen molar-refractivity contribution in [3.05, 3.63) is 54.1 Å². The molecule has 1 atom stereocenters. The van der Waals surface area contributed by atoms with Crippen LogP contribution in [-0.4, -0.2) is 13.7 Å². The van der Waals surface area contributed by atoms with E-state index in [9.17, 15) is 0 Å². The van der Waals surface area contributed by atoms with Crippen LogP contribution in [0.15, 0.2) is 48.5 Å². The fraction of sp³-hybridized carbons (Fsp3) is 0.333. The van der Waals surface area contributed by atoms with Crippen LogP contribution < -0.4 is 14.8 Å². The van der Waals surface area contributed by atoms with Crippen LogP contribution in [0.25, 0.3) is 0 Å². The molecule has 0 aromatic heterocycles. The zero-order valence-corrected chi connectivity index (χ0v) is 12.9. The first-order valence-electron chi connectivity index (χ1n) is 7.43. The summed E-state index contributed by atoms with van der Waals surface area (Å²) in [4.78, 5) is 0. The number of hydrogen-bond acceptors (Lipinski definition) is 3. The van der Waals surface area contributed by atoms with Crippen molar-refractivity contribution in [2.75, 3.05) is 13.7 Å². The molecule has 0 fully saturated rings. The number of methoxy groups -OCH3 is 1. The van der Waals surface area contributed by atoms with Gasteiger partial charge in [0.1, 0.15) is 5.75 Å². The zero-order valence-electron chi connectivity index (χ0n) is 12.9. The highest BCUT2D eigenvalue weighted by molar-refractivity contribution is 5.45. The Hall–Kier alpha value is -2.00. The maximum absolute atomic E-state index is 6.10. The van der Waals surface area contributed by atoms with E-state index < -0.39 is 0 Å². The fourth-order valence-corrected chi connectivity index (χ4v) is 2.40. The summed E-state index contributed by atoms with van der Waals surface area (Å²) in [6.07, 6.45) is 1.01. The molecule has 0 amide bonds. The maximum atomic E-state index is 6.10. The molecule has 2 rings (SSSR count). The summed E-state index contributed by atoms with van der Waals surface area (Å²) in [5, 5.41) is 3.49. The Labute approximate surface area is 126 Å². The molecule has 0 aliphatic rings. The number of hydrogen-bond donors (Lipinski definition) is 1. The van der Waals surface area contributed by atoms with Gasteiger partial charge in [-0.15, -0.1) is 0 Å². The molecule has 0 heterocycles. The zero-order chi connectivity index (χ0) is 15.1. The van der Waals surface area contributed by atoms with Crippen LogP contribution in [0.3, 0.4) is 0 Å². The molecule has 3 heteroatoms. The second-order valence-electron chi connectivity index (χ2n) is 4.81. The van der Waals surface area contributed by atoms with Crippen molar-refractivity contribution in [2.24, 2.45) is 0 Å². The van der Waals surface area contributed by atoms with Crippen LogP contribution in [0, 0.1) is 0 Å². The fourth-order valence-electron chi connectivity index (χ4n) is 2.40. The first-order valence-corrected chi connectivity index (χ1v) is 7.43. The van der Waals surface area contributed by atoms with Crippen LogP contribution in [0.4, 0.5) is 0 Å². The van der Waals surface area contributed by atoms with Crippen molar-refractivity contribution in [1.29, 1.82) is 0 Å². The standard InChI is InChI=1S/C18H23NO2/c1-4-15(19-5-2)14-10-6-7-11-16(14)21-18-13-9-8-12-17(18)20-3/h6-13,15,19H,4-5H2,1-3H3. The normalized spacial score (nSPS) is 12.0. The molecule has 0 aliphatic carbocycles. The van der Waals surface area contributed by atoms with Crippen molar-refractivity contribution in [3.63, 3.8) is 0 Å². The van der Waals surface area contributed by atoms with Gasteiger partial charge in [-0.3, -0.25) is 0 Å². The van der Waals surface area contributed by atoms with E-state index in [1.165, 1.54) is 5.56 Å². The third-order valence-electron chi connectivity index (χ3n) is 3.44. The van der Waals surface area contributed by atoms with Gasteiger partial charge in [-0.05, 0) is 31.2 Å². The summed E-state index contributed by atoms with van der Waals surface area (Å²) in [5.41, 5.74) is 1.17. The maximum Gasteiger partial charge on any atom is 0.169 e. The molecule has 3 nitrogen and oxygen atoms in total. The van der Waals surface area contributed by atoms with Gasteiger partial charge < -0.3 is 14.8 Å². The molecule has 1 unspecified atom stereocenters. The summed E-state index contributed by atoms with van der Waals surface area (Å²) in [6, 6.07) is 16.2. The van der Waals surface area contributed by atoms with E-state index in [0.717, 1.165) is 30.2 Å². The molecule has 0 bridgehead atoms. The number of nitrogens with one attached hydrogen (secondary N) is 1. The number of benzene rings is 2. The van der Waals surface area contributed by atoms with Gasteiger partial charge >= 0.3 is 0 Å². The average Bonchev–Trinajstić information content (AvgIpc) is 2.54. The van der Waals surface area contributed by atoms with Crippen LogP contribution in [0.5, 0.6) is 17.2 Å². The van der Waals surface area contributed by atoms with Gasteiger partial charge in [-0.1, -0.05) is 44.2 Å². The van der Waals surface area contributed by atoms with Crippen LogP contribution in [0.2, 0.25) is 0 Å². The van der Waals surface area contributed by atoms with E-state index in [1.54, 1.807) is 7.11 Å². The van der Waals surface area contributed by atoms with Gasteiger partial charge in [0.15, 0.2) is 11.5 Å². The summed E-state index contributed by atoms with van der Waals surface area (Å²) in [6.45, 7) is 5.22. The van der Waals surface area contributed by atoms with Gasteiger partial charge in [-0.25, -0.2) is 0 Å². The van der Waals surface area contributed by atoms with Crippen molar-refractivity contribution in [1.82, 2.24) is 5.32 Å². The van der Waals surface area contributed by atoms with Crippen LogP contribution in [0.1, 0.15) is 31.9 Å². The third kappa shape index (κ3) is 3.76. The van der Waals surface area contributed by atoms with E-state index in [0.29, 0.717) is 6.04 Å². The minimum Gasteiger partial charge on any atom is -0.493 e. The Morgan fingerprint density at radius 1 is 0.905 bits per heavy atom. The van der Waals surface area contributed by atoms with Crippen molar-refractivity contribution in [2.45, 2.75) is 26.3 Å². The number of ether oxygens (including phenoxy) is 2. The molecule has 0 saturated carbocycles. The molecule has 2 aromatic carbocycles. The lowest BCUT2D eigenvalue weighted by molar-refractivity contribution is 0.375. The molecular weight excluding hydrogens is 262 g/mol. The third-order valence-corrected chi connectivity index (χ3v) is 3.44. The van der Waals surface area contributed by atoms with Gasteiger partial charge in [0.25, 0.3) is 0 Å². The smallest absolute Gasteiger partial charge is 0.169 e. The first-order chi connectivity index (χ1) is 10.3. The number of para-hydroxylation sites is 3. The van der Waals surface area contributed by atoms with E-state index in [-0.39, 0.29) is 0 Å². The van der Waals surface area contributed by atoms with Crippen LogP contribution in [-0.2, 0) is 0 Å². The van der Waals surface area contributed by atoms with E-state index in [2.05, 4.69) is 25.2 Å². The Morgan fingerprint density at radius 3 is 2.14 bits per heavy atom. The van der Waals surface area contributed by atoms with Crippen molar-refractivity contribution >= 4 is 0 Å². The van der Waals surface area contributed by atoms with Gasteiger partial charge in [-0.2, -0.15) is 0 Å². The topological polar surface area (TPSA) is 30.5 Å². The molecule has 0 saturated heterocycles. The van der Waals surface area contributed by atoms with Gasteiger partial charge in [0.05, 0.1) is 7.11 Å². The molecule has 0 spiro atoms. The number of rotatable bonds is 7. The average molecular weight is 285 g/mol. The lowest BCUT2D eigenvalue weighted by Gasteiger charge is -2.20. The molecule has 1 N–H and O–H groups in total. The highest BCUT2D eigenvalue weighted by Crippen LogP contribution is 2.35. The van der Waals surface area contributed by atoms with E-state index in [1.807, 2.05) is 42.5 Å². The highest BCUT2D eigenvalue weighted by Gasteiger charge is 2.14. The van der Waals surface area contributed by atoms with E-state index >= 15 is 0 Å². The summed E-state index contributed by atoms with van der Waals surface area (Å²) in [7, 11) is 1.65. The monoisotopic (exact) mass is 285 g/mol. The minimum atomic E-state index is 0.293. The summed E-state index contributed by atoms with van der Waals surface area (Å²) in [5.74, 6) is 2.34. The SMILES string of the molecule is CCNC(CC)c1ccccc1Oc1ccccc1OC. The molecule has 21 heavy (non-hydrogen) atoms. The molecule has 2 aromatic rings. The first kappa shape index (κ1) is 15.4. The van der Waals surface area contributed by atoms with Crippen molar-refractivity contribution in [3.8, 4) is 17.2 Å². The Bertz CT molecular complexity index is 569. The lowest BCUT2D eigenvalue weighted by atomic mass is 10.0. The van der Waals surface area contributed by atoms with Gasteiger partial charge in [0.2, 0.25) is 0 Å². The highest BCUT2D eigenvalue weighted by atomic mass is 16.5. The molecule has 112 valence electrons. The molecule has 0 aliphatic heterocycles. The molecule has 0 radical (unpaired) electrons. The summed E-state index contributed by atoms with van der Waals surface area (Å²) < 4.78 is 11.4. The predicted octanol–water partition coefficient (Wildman–Crippen LogP) is 4.55. The molecular formula is C18H23NO2. The van der Waals surface area contributed by atoms with Crippen LogP contribution >= 0.6 is 0 Å². The second-order valence-corrected chi connectivity index (χ2v) is 4.81. The van der Waals surface area contributed by atoms with Gasteiger partial charge in [0, 0.05) is 11.6 Å². The Kier molecular flexibility index (Phi) is 5.64.